The van der Waals surface area contributed by atoms with Crippen LogP contribution in [0.3, 0.4) is 0 Å². The summed E-state index contributed by atoms with van der Waals surface area (Å²) in [4.78, 5) is 24.7. The van der Waals surface area contributed by atoms with E-state index in [2.05, 4.69) is 20.3 Å². The molecule has 140 valence electrons. The summed E-state index contributed by atoms with van der Waals surface area (Å²) in [6.07, 6.45) is -1.08. The van der Waals surface area contributed by atoms with Crippen LogP contribution in [0.2, 0.25) is 10.4 Å². The number of carbonyl (C=O) groups excluding carboxylic acids is 1. The molecule has 11 heteroatoms. The maximum atomic E-state index is 12.4. The standard InChI is InChI=1S/C15H17Cl2N5O4/c1-4-18-12(23)8-7-9(26-15(2,3)25-7)13(24-8)22-5-19-6-10(16)20-14(17)21-11(6)22/h5,7-9,13H,4H2,1-3H3,(H,18,23)/t7-,8-,9+,13+/m0/s1. The van der Waals surface area contributed by atoms with Gasteiger partial charge in [-0.05, 0) is 32.4 Å². The quantitative estimate of drug-likeness (QED) is 0.616. The number of imidazole rings is 1. The van der Waals surface area contributed by atoms with Crippen molar-refractivity contribution in [1.29, 1.82) is 0 Å². The molecular weight excluding hydrogens is 385 g/mol. The molecule has 2 fully saturated rings. The average molecular weight is 402 g/mol. The summed E-state index contributed by atoms with van der Waals surface area (Å²) < 4.78 is 19.5. The molecule has 0 radical (unpaired) electrons. The van der Waals surface area contributed by atoms with E-state index >= 15 is 0 Å². The topological polar surface area (TPSA) is 100 Å². The molecule has 4 heterocycles. The van der Waals surface area contributed by atoms with Gasteiger partial charge in [-0.25, -0.2) is 9.97 Å². The van der Waals surface area contributed by atoms with Crippen LogP contribution in [0.25, 0.3) is 11.2 Å². The minimum atomic E-state index is -0.844. The third-order valence-electron chi connectivity index (χ3n) is 4.26. The van der Waals surface area contributed by atoms with Crippen molar-refractivity contribution in [3.8, 4) is 0 Å². The first-order chi connectivity index (χ1) is 12.3. The Labute approximate surface area is 158 Å². The van der Waals surface area contributed by atoms with Crippen molar-refractivity contribution >= 4 is 40.3 Å². The van der Waals surface area contributed by atoms with Crippen molar-refractivity contribution in [3.63, 3.8) is 0 Å². The van der Waals surface area contributed by atoms with Gasteiger partial charge in [-0.2, -0.15) is 4.98 Å². The summed E-state index contributed by atoms with van der Waals surface area (Å²) in [7, 11) is 0. The van der Waals surface area contributed by atoms with Gasteiger partial charge in [0.1, 0.15) is 17.7 Å². The Balaban J connectivity index is 1.76. The fourth-order valence-electron chi connectivity index (χ4n) is 3.33. The number of carbonyl (C=O) groups is 1. The maximum absolute atomic E-state index is 12.4. The second-order valence-electron chi connectivity index (χ2n) is 6.51. The molecule has 0 saturated carbocycles. The van der Waals surface area contributed by atoms with Gasteiger partial charge in [0.15, 0.2) is 28.9 Å². The molecule has 2 aliphatic heterocycles. The van der Waals surface area contributed by atoms with Gasteiger partial charge in [-0.3, -0.25) is 9.36 Å². The number of amides is 1. The van der Waals surface area contributed by atoms with Crippen molar-refractivity contribution < 1.29 is 19.0 Å². The Morgan fingerprint density at radius 3 is 2.77 bits per heavy atom. The molecule has 0 bridgehead atoms. The van der Waals surface area contributed by atoms with Crippen molar-refractivity contribution in [3.05, 3.63) is 16.8 Å². The van der Waals surface area contributed by atoms with Gasteiger partial charge >= 0.3 is 0 Å². The minimum Gasteiger partial charge on any atom is -0.354 e. The van der Waals surface area contributed by atoms with Gasteiger partial charge < -0.3 is 19.5 Å². The van der Waals surface area contributed by atoms with Gasteiger partial charge in [0.25, 0.3) is 5.91 Å². The monoisotopic (exact) mass is 401 g/mol. The summed E-state index contributed by atoms with van der Waals surface area (Å²) in [5.74, 6) is -1.11. The van der Waals surface area contributed by atoms with Crippen LogP contribution in [0.4, 0.5) is 0 Å². The van der Waals surface area contributed by atoms with Gasteiger partial charge in [-0.1, -0.05) is 11.6 Å². The first kappa shape index (κ1) is 17.9. The Morgan fingerprint density at radius 1 is 1.31 bits per heavy atom. The van der Waals surface area contributed by atoms with E-state index in [1.165, 1.54) is 6.33 Å². The molecule has 2 aromatic heterocycles. The maximum Gasteiger partial charge on any atom is 0.252 e. The largest absolute Gasteiger partial charge is 0.354 e. The van der Waals surface area contributed by atoms with E-state index in [-0.39, 0.29) is 16.3 Å². The number of likely N-dealkylation sites (N-methyl/N-ethyl adjacent to an activating group) is 1. The van der Waals surface area contributed by atoms with E-state index in [9.17, 15) is 4.79 Å². The Hall–Kier alpha value is -1.52. The predicted molar refractivity (Wildman–Crippen MR) is 91.8 cm³/mol. The molecule has 9 nitrogen and oxygen atoms in total. The molecule has 4 rings (SSSR count). The molecule has 26 heavy (non-hydrogen) atoms. The van der Waals surface area contributed by atoms with Crippen molar-refractivity contribution in [2.45, 2.75) is 51.1 Å². The Morgan fingerprint density at radius 2 is 2.04 bits per heavy atom. The number of hydrogen-bond donors (Lipinski definition) is 1. The number of nitrogens with one attached hydrogen (secondary N) is 1. The summed E-state index contributed by atoms with van der Waals surface area (Å²) >= 11 is 12.0. The zero-order chi connectivity index (χ0) is 18.6. The van der Waals surface area contributed by atoms with Crippen molar-refractivity contribution in [2.24, 2.45) is 0 Å². The zero-order valence-electron chi connectivity index (χ0n) is 14.3. The van der Waals surface area contributed by atoms with Gasteiger partial charge in [0.2, 0.25) is 5.28 Å². The van der Waals surface area contributed by atoms with Crippen LogP contribution in [-0.2, 0) is 19.0 Å². The zero-order valence-corrected chi connectivity index (χ0v) is 15.8. The highest BCUT2D eigenvalue weighted by Crippen LogP contribution is 2.44. The van der Waals surface area contributed by atoms with E-state index in [1.807, 2.05) is 6.92 Å². The number of rotatable bonds is 3. The summed E-state index contributed by atoms with van der Waals surface area (Å²) in [6, 6.07) is 0. The SMILES string of the molecule is CCNC(=O)[C@H]1O[C@@H](n2cnc3c(Cl)nc(Cl)nc32)[C@@H]2OC(C)(C)O[C@H]21. The lowest BCUT2D eigenvalue weighted by Gasteiger charge is -2.24. The normalized spacial score (nSPS) is 29.9. The second-order valence-corrected chi connectivity index (χ2v) is 7.21. The molecule has 0 aromatic carbocycles. The summed E-state index contributed by atoms with van der Waals surface area (Å²) in [5.41, 5.74) is 0.777. The molecule has 2 aromatic rings. The molecule has 0 spiro atoms. The smallest absolute Gasteiger partial charge is 0.252 e. The van der Waals surface area contributed by atoms with Crippen LogP contribution < -0.4 is 5.32 Å². The molecule has 1 N–H and O–H groups in total. The number of aromatic nitrogens is 4. The molecule has 2 saturated heterocycles. The third-order valence-corrected chi connectivity index (χ3v) is 4.70. The second kappa shape index (κ2) is 6.28. The fraction of sp³-hybridized carbons (Fsp3) is 0.600. The molecular formula is C15H17Cl2N5O4. The van der Waals surface area contributed by atoms with Gasteiger partial charge in [0, 0.05) is 6.54 Å². The van der Waals surface area contributed by atoms with Crippen molar-refractivity contribution in [2.75, 3.05) is 6.54 Å². The highest BCUT2D eigenvalue weighted by molar-refractivity contribution is 6.35. The highest BCUT2D eigenvalue weighted by atomic mass is 35.5. The molecule has 2 aliphatic rings. The van der Waals surface area contributed by atoms with E-state index in [1.54, 1.807) is 18.4 Å². The molecule has 0 unspecified atom stereocenters. The van der Waals surface area contributed by atoms with E-state index in [0.29, 0.717) is 17.7 Å². The van der Waals surface area contributed by atoms with Crippen LogP contribution in [0.5, 0.6) is 0 Å². The minimum absolute atomic E-state index is 0.0111. The molecule has 4 atom stereocenters. The Bertz CT molecular complexity index is 873. The van der Waals surface area contributed by atoms with Crippen LogP contribution in [0.15, 0.2) is 6.33 Å². The predicted octanol–water partition coefficient (Wildman–Crippen LogP) is 1.69. The average Bonchev–Trinajstić information content (AvgIpc) is 3.18. The van der Waals surface area contributed by atoms with Crippen LogP contribution in [0, 0.1) is 0 Å². The van der Waals surface area contributed by atoms with E-state index < -0.39 is 30.3 Å². The first-order valence-electron chi connectivity index (χ1n) is 8.15. The van der Waals surface area contributed by atoms with E-state index in [0.717, 1.165) is 0 Å². The van der Waals surface area contributed by atoms with Crippen LogP contribution in [0.1, 0.15) is 27.0 Å². The lowest BCUT2D eigenvalue weighted by molar-refractivity contribution is -0.197. The fourth-order valence-corrected chi connectivity index (χ4v) is 3.75. The van der Waals surface area contributed by atoms with Gasteiger partial charge in [0.05, 0.1) is 6.33 Å². The van der Waals surface area contributed by atoms with Gasteiger partial charge in [-0.15, -0.1) is 0 Å². The first-order valence-corrected chi connectivity index (χ1v) is 8.90. The Kier molecular flexibility index (Phi) is 4.31. The van der Waals surface area contributed by atoms with Crippen LogP contribution >= 0.6 is 23.2 Å². The summed E-state index contributed by atoms with van der Waals surface area (Å²) in [6.45, 7) is 5.90. The lowest BCUT2D eigenvalue weighted by atomic mass is 10.1. The lowest BCUT2D eigenvalue weighted by Crippen LogP contribution is -2.42. The molecule has 1 amide bonds. The third kappa shape index (κ3) is 2.84. The number of halogens is 2. The van der Waals surface area contributed by atoms with E-state index in [4.69, 9.17) is 37.4 Å². The number of nitrogens with zero attached hydrogens (tertiary/aromatic N) is 4. The van der Waals surface area contributed by atoms with Crippen LogP contribution in [-0.4, -0.2) is 56.1 Å². The summed E-state index contributed by atoms with van der Waals surface area (Å²) in [5, 5.41) is 2.88. The van der Waals surface area contributed by atoms with Crippen molar-refractivity contribution in [1.82, 2.24) is 24.8 Å². The highest BCUT2D eigenvalue weighted by Gasteiger charge is 2.58. The number of hydrogen-bond acceptors (Lipinski definition) is 7. The molecule has 0 aliphatic carbocycles. The number of ether oxygens (including phenoxy) is 3. The number of fused-ring (bicyclic) bond motifs is 2.